The van der Waals surface area contributed by atoms with Crippen molar-refractivity contribution in [3.63, 3.8) is 0 Å². The van der Waals surface area contributed by atoms with Crippen molar-refractivity contribution in [2.45, 2.75) is 78.6 Å². The first-order chi connectivity index (χ1) is 14.3. The van der Waals surface area contributed by atoms with E-state index in [1.807, 2.05) is 7.05 Å². The van der Waals surface area contributed by atoms with E-state index >= 15 is 0 Å². The van der Waals surface area contributed by atoms with Crippen LogP contribution < -0.4 is 5.32 Å². The van der Waals surface area contributed by atoms with Gasteiger partial charge in [-0.15, -0.1) is 0 Å². The monoisotopic (exact) mass is 444 g/mol. The number of hydrogen-bond acceptors (Lipinski definition) is 6. The quantitative estimate of drug-likeness (QED) is 0.394. The van der Waals surface area contributed by atoms with Crippen molar-refractivity contribution in [3.05, 3.63) is 0 Å². The topological polar surface area (TPSA) is 28.2 Å². The molecule has 0 spiro atoms. The van der Waals surface area contributed by atoms with E-state index in [1.54, 1.807) is 0 Å². The van der Waals surface area contributed by atoms with Crippen molar-refractivity contribution in [2.24, 2.45) is 0 Å². The summed E-state index contributed by atoms with van der Waals surface area (Å²) >= 11 is 0. The summed E-state index contributed by atoms with van der Waals surface area (Å²) < 4.78 is 0. The molecule has 31 heavy (non-hydrogen) atoms. The smallest absolute Gasteiger partial charge is 0.0109 e. The zero-order valence-electron chi connectivity index (χ0n) is 23.7. The average molecular weight is 445 g/mol. The SMILES string of the molecule is CC(C)N(C)CCC(C)N(C)CCN(C)C.CNCCN(C)C(C)CCN(C)C(C)C. The second-order valence-corrected chi connectivity index (χ2v) is 10.3. The van der Waals surface area contributed by atoms with Gasteiger partial charge in [-0.1, -0.05) is 0 Å². The third-order valence-corrected chi connectivity index (χ3v) is 6.68. The summed E-state index contributed by atoms with van der Waals surface area (Å²) in [6.07, 6.45) is 2.49. The molecular formula is C25H60N6. The third kappa shape index (κ3) is 19.0. The predicted octanol–water partition coefficient (Wildman–Crippen LogP) is 2.86. The molecule has 0 saturated heterocycles. The Kier molecular flexibility index (Phi) is 20.5. The van der Waals surface area contributed by atoms with Crippen molar-refractivity contribution >= 4 is 0 Å². The molecule has 1 N–H and O–H groups in total. The van der Waals surface area contributed by atoms with Gasteiger partial charge in [-0.2, -0.15) is 0 Å². The number of nitrogens with one attached hydrogen (secondary N) is 1. The van der Waals surface area contributed by atoms with E-state index < -0.39 is 0 Å². The summed E-state index contributed by atoms with van der Waals surface area (Å²) in [4.78, 5) is 11.9. The molecule has 6 nitrogen and oxygen atoms in total. The molecule has 2 atom stereocenters. The molecule has 0 aromatic heterocycles. The van der Waals surface area contributed by atoms with Crippen molar-refractivity contribution in [1.29, 1.82) is 0 Å². The number of likely N-dealkylation sites (N-methyl/N-ethyl adjacent to an activating group) is 4. The van der Waals surface area contributed by atoms with Gasteiger partial charge in [0.25, 0.3) is 0 Å². The summed E-state index contributed by atoms with van der Waals surface area (Å²) in [6, 6.07) is 2.64. The number of rotatable bonds is 16. The van der Waals surface area contributed by atoms with Crippen LogP contribution in [0.5, 0.6) is 0 Å². The zero-order valence-corrected chi connectivity index (χ0v) is 23.7. The van der Waals surface area contributed by atoms with Gasteiger partial charge in [0.1, 0.15) is 0 Å². The van der Waals surface area contributed by atoms with Gasteiger partial charge in [0, 0.05) is 50.3 Å². The number of hydrogen-bond donors (Lipinski definition) is 1. The first-order valence-corrected chi connectivity index (χ1v) is 12.4. The van der Waals surface area contributed by atoms with E-state index in [2.05, 4.69) is 114 Å². The maximum Gasteiger partial charge on any atom is 0.0109 e. The van der Waals surface area contributed by atoms with Crippen molar-refractivity contribution in [2.75, 3.05) is 88.6 Å². The Morgan fingerprint density at radius 2 is 0.903 bits per heavy atom. The Balaban J connectivity index is 0. The lowest BCUT2D eigenvalue weighted by molar-refractivity contribution is 0.189. The fourth-order valence-corrected chi connectivity index (χ4v) is 2.82. The third-order valence-electron chi connectivity index (χ3n) is 6.68. The molecule has 2 unspecified atom stereocenters. The van der Waals surface area contributed by atoms with Crippen molar-refractivity contribution < 1.29 is 0 Å². The van der Waals surface area contributed by atoms with Crippen LogP contribution in [0.1, 0.15) is 54.4 Å². The lowest BCUT2D eigenvalue weighted by atomic mass is 10.2. The lowest BCUT2D eigenvalue weighted by Gasteiger charge is -2.29. The van der Waals surface area contributed by atoms with Gasteiger partial charge in [0.2, 0.25) is 0 Å². The van der Waals surface area contributed by atoms with Crippen LogP contribution in [0.4, 0.5) is 0 Å². The molecule has 0 saturated carbocycles. The summed E-state index contributed by atoms with van der Waals surface area (Å²) in [5, 5.41) is 3.18. The molecule has 0 amide bonds. The standard InChI is InChI=1S/C13H31N3.C12H29N3/c1-12(2)15(6)9-8-13(3)16(7)11-10-14(4)5;1-11(2)14(5)9-7-12(3)15(6)10-8-13-4/h12-13H,8-11H2,1-7H3;11-13H,7-10H2,1-6H3. The normalized spacial score (nSPS) is 14.3. The maximum absolute atomic E-state index is 3.18. The highest BCUT2D eigenvalue weighted by molar-refractivity contribution is 4.68. The predicted molar refractivity (Wildman–Crippen MR) is 141 cm³/mol. The minimum absolute atomic E-state index is 0.652. The molecule has 0 bridgehead atoms. The number of nitrogens with zero attached hydrogens (tertiary/aromatic N) is 5. The molecule has 0 aromatic carbocycles. The molecule has 190 valence electrons. The van der Waals surface area contributed by atoms with Crippen LogP contribution in [0.15, 0.2) is 0 Å². The summed E-state index contributed by atoms with van der Waals surface area (Å²) in [6.45, 7) is 20.5. The molecule has 0 aliphatic rings. The van der Waals surface area contributed by atoms with E-state index in [4.69, 9.17) is 0 Å². The molecule has 0 rings (SSSR count). The van der Waals surface area contributed by atoms with Gasteiger partial charge in [-0.05, 0) is 117 Å². The van der Waals surface area contributed by atoms with Crippen LogP contribution in [0.3, 0.4) is 0 Å². The Labute approximate surface area is 197 Å². The van der Waals surface area contributed by atoms with Crippen LogP contribution in [-0.4, -0.2) is 137 Å². The maximum atomic E-state index is 3.18. The molecule has 6 heteroatoms. The van der Waals surface area contributed by atoms with Crippen LogP contribution in [-0.2, 0) is 0 Å². The van der Waals surface area contributed by atoms with Gasteiger partial charge in [0.05, 0.1) is 0 Å². The van der Waals surface area contributed by atoms with Crippen molar-refractivity contribution in [1.82, 2.24) is 29.8 Å². The molecular weight excluding hydrogens is 384 g/mol. The van der Waals surface area contributed by atoms with Gasteiger partial charge in [0.15, 0.2) is 0 Å². The first-order valence-electron chi connectivity index (χ1n) is 12.4. The Hall–Kier alpha value is -0.240. The summed E-state index contributed by atoms with van der Waals surface area (Å²) in [7, 11) is 15.1. The van der Waals surface area contributed by atoms with Gasteiger partial charge in [-0.25, -0.2) is 0 Å². The molecule has 0 aromatic rings. The summed E-state index contributed by atoms with van der Waals surface area (Å²) in [5.41, 5.74) is 0. The van der Waals surface area contributed by atoms with Gasteiger partial charge < -0.3 is 29.8 Å². The van der Waals surface area contributed by atoms with E-state index in [0.717, 1.165) is 26.2 Å². The average Bonchev–Trinajstić information content (AvgIpc) is 2.71. The summed E-state index contributed by atoms with van der Waals surface area (Å²) in [5.74, 6) is 0. The first kappa shape index (κ1) is 32.9. The van der Waals surface area contributed by atoms with Gasteiger partial charge >= 0.3 is 0 Å². The van der Waals surface area contributed by atoms with Crippen LogP contribution in [0.2, 0.25) is 0 Å². The fraction of sp³-hybridized carbons (Fsp3) is 1.00. The van der Waals surface area contributed by atoms with Gasteiger partial charge in [-0.3, -0.25) is 0 Å². The van der Waals surface area contributed by atoms with Crippen LogP contribution >= 0.6 is 0 Å². The Morgan fingerprint density at radius 1 is 0.516 bits per heavy atom. The molecule has 0 heterocycles. The Bertz CT molecular complexity index is 388. The molecule has 0 aliphatic heterocycles. The lowest BCUT2D eigenvalue weighted by Crippen LogP contribution is -2.38. The van der Waals surface area contributed by atoms with E-state index in [0.29, 0.717) is 24.2 Å². The van der Waals surface area contributed by atoms with Crippen molar-refractivity contribution in [3.8, 4) is 0 Å². The largest absolute Gasteiger partial charge is 0.318 e. The van der Waals surface area contributed by atoms with E-state index in [-0.39, 0.29) is 0 Å². The fourth-order valence-electron chi connectivity index (χ4n) is 2.82. The minimum Gasteiger partial charge on any atom is -0.318 e. The second kappa shape index (κ2) is 19.2. The van der Waals surface area contributed by atoms with E-state index in [9.17, 15) is 0 Å². The second-order valence-electron chi connectivity index (χ2n) is 10.3. The highest BCUT2D eigenvalue weighted by Crippen LogP contribution is 2.05. The minimum atomic E-state index is 0.652. The van der Waals surface area contributed by atoms with Crippen LogP contribution in [0.25, 0.3) is 0 Å². The Morgan fingerprint density at radius 3 is 1.23 bits per heavy atom. The van der Waals surface area contributed by atoms with Crippen LogP contribution in [0, 0.1) is 0 Å². The highest BCUT2D eigenvalue weighted by atomic mass is 15.2. The van der Waals surface area contributed by atoms with E-state index in [1.165, 1.54) is 25.9 Å². The molecule has 0 radical (unpaired) electrons. The zero-order chi connectivity index (χ0) is 24.6. The molecule has 0 aliphatic carbocycles. The molecule has 0 fully saturated rings. The highest BCUT2D eigenvalue weighted by Gasteiger charge is 2.12.